The maximum Gasteiger partial charge on any atom is 0.0739 e. The van der Waals surface area contributed by atoms with Crippen LogP contribution in [0.25, 0.3) is 0 Å². The molecule has 0 N–H and O–H groups in total. The van der Waals surface area contributed by atoms with Crippen LogP contribution in [0.4, 0.5) is 0 Å². The monoisotopic (exact) mass is 315 g/mol. The number of ether oxygens (including phenoxy) is 1. The van der Waals surface area contributed by atoms with Crippen molar-refractivity contribution < 1.29 is 4.74 Å². The summed E-state index contributed by atoms with van der Waals surface area (Å²) in [6, 6.07) is 0. The summed E-state index contributed by atoms with van der Waals surface area (Å²) in [6.45, 7) is 5.90. The van der Waals surface area contributed by atoms with Crippen molar-refractivity contribution in [2.24, 2.45) is 13.0 Å². The van der Waals surface area contributed by atoms with E-state index in [0.29, 0.717) is 5.92 Å². The quantitative estimate of drug-likeness (QED) is 0.854. The van der Waals surface area contributed by atoms with Crippen molar-refractivity contribution in [2.75, 3.05) is 26.8 Å². The number of rotatable bonds is 4. The lowest BCUT2D eigenvalue weighted by Crippen LogP contribution is -2.31. The van der Waals surface area contributed by atoms with Gasteiger partial charge in [-0.15, -0.1) is 0 Å². The fourth-order valence-electron chi connectivity index (χ4n) is 2.56. The third-order valence-electron chi connectivity index (χ3n) is 3.51. The SMILES string of the molecule is Cc1nn(C)c(CN(C)CC2CCCOC2)c1Br. The van der Waals surface area contributed by atoms with Crippen LogP contribution in [0.3, 0.4) is 0 Å². The van der Waals surface area contributed by atoms with Crippen molar-refractivity contribution in [3.8, 4) is 0 Å². The van der Waals surface area contributed by atoms with Crippen LogP contribution in [0, 0.1) is 12.8 Å². The summed E-state index contributed by atoms with van der Waals surface area (Å²) in [5, 5.41) is 4.43. The van der Waals surface area contributed by atoms with Crippen molar-refractivity contribution in [1.82, 2.24) is 14.7 Å². The Kier molecular flexibility index (Phi) is 4.81. The van der Waals surface area contributed by atoms with Gasteiger partial charge in [0.25, 0.3) is 0 Å². The molecule has 4 nitrogen and oxygen atoms in total. The number of nitrogens with zero attached hydrogens (tertiary/aromatic N) is 3. The minimum atomic E-state index is 0.678. The van der Waals surface area contributed by atoms with E-state index in [1.54, 1.807) is 0 Å². The van der Waals surface area contributed by atoms with Gasteiger partial charge in [0.05, 0.1) is 22.5 Å². The molecule has 0 amide bonds. The zero-order chi connectivity index (χ0) is 13.1. The highest BCUT2D eigenvalue weighted by atomic mass is 79.9. The molecule has 1 atom stereocenters. The van der Waals surface area contributed by atoms with Crippen molar-refractivity contribution in [3.63, 3.8) is 0 Å². The second-order valence-electron chi connectivity index (χ2n) is 5.25. The molecule has 1 aliphatic rings. The van der Waals surface area contributed by atoms with Gasteiger partial charge in [-0.1, -0.05) is 0 Å². The number of aromatic nitrogens is 2. The first-order valence-electron chi connectivity index (χ1n) is 6.52. The van der Waals surface area contributed by atoms with Crippen molar-refractivity contribution in [2.45, 2.75) is 26.3 Å². The Morgan fingerprint density at radius 2 is 2.33 bits per heavy atom. The number of halogens is 1. The maximum atomic E-state index is 5.53. The second kappa shape index (κ2) is 6.17. The summed E-state index contributed by atoms with van der Waals surface area (Å²) >= 11 is 3.62. The van der Waals surface area contributed by atoms with Crippen LogP contribution >= 0.6 is 15.9 Å². The van der Waals surface area contributed by atoms with E-state index < -0.39 is 0 Å². The Labute approximate surface area is 117 Å². The highest BCUT2D eigenvalue weighted by Crippen LogP contribution is 2.22. The Hall–Kier alpha value is -0.390. The van der Waals surface area contributed by atoms with E-state index in [1.807, 2.05) is 18.7 Å². The third-order valence-corrected chi connectivity index (χ3v) is 4.54. The van der Waals surface area contributed by atoms with Gasteiger partial charge in [0.1, 0.15) is 0 Å². The minimum Gasteiger partial charge on any atom is -0.381 e. The molecule has 102 valence electrons. The molecule has 2 heterocycles. The van der Waals surface area contributed by atoms with Gasteiger partial charge in [-0.3, -0.25) is 4.68 Å². The van der Waals surface area contributed by atoms with Gasteiger partial charge in [0.15, 0.2) is 0 Å². The predicted molar refractivity (Wildman–Crippen MR) is 75.5 cm³/mol. The molecule has 0 aromatic carbocycles. The number of hydrogen-bond donors (Lipinski definition) is 0. The molecular weight excluding hydrogens is 294 g/mol. The molecule has 0 saturated carbocycles. The van der Waals surface area contributed by atoms with Crippen LogP contribution in [-0.4, -0.2) is 41.5 Å². The van der Waals surface area contributed by atoms with E-state index in [1.165, 1.54) is 18.5 Å². The Bertz CT molecular complexity index is 399. The number of hydrogen-bond acceptors (Lipinski definition) is 3. The standard InChI is InChI=1S/C13H22BrN3O/c1-10-13(14)12(17(3)15-10)8-16(2)7-11-5-4-6-18-9-11/h11H,4-9H2,1-3H3. The van der Waals surface area contributed by atoms with Crippen LogP contribution in [0.5, 0.6) is 0 Å². The summed E-state index contributed by atoms with van der Waals surface area (Å²) in [4.78, 5) is 2.36. The van der Waals surface area contributed by atoms with E-state index in [2.05, 4.69) is 33.0 Å². The van der Waals surface area contributed by atoms with Gasteiger partial charge >= 0.3 is 0 Å². The molecule has 0 radical (unpaired) electrons. The smallest absolute Gasteiger partial charge is 0.0739 e. The molecule has 18 heavy (non-hydrogen) atoms. The van der Waals surface area contributed by atoms with E-state index in [-0.39, 0.29) is 0 Å². The fourth-order valence-corrected chi connectivity index (χ4v) is 3.03. The van der Waals surface area contributed by atoms with Crippen molar-refractivity contribution in [3.05, 3.63) is 15.9 Å². The van der Waals surface area contributed by atoms with Gasteiger partial charge in [-0.05, 0) is 48.7 Å². The first kappa shape index (κ1) is 14.0. The molecule has 1 saturated heterocycles. The first-order chi connectivity index (χ1) is 8.58. The normalized spacial score (nSPS) is 20.6. The van der Waals surface area contributed by atoms with Gasteiger partial charge in [-0.25, -0.2) is 0 Å². The van der Waals surface area contributed by atoms with E-state index in [4.69, 9.17) is 4.74 Å². The molecule has 1 aromatic heterocycles. The van der Waals surface area contributed by atoms with Crippen LogP contribution in [0.15, 0.2) is 4.47 Å². The molecule has 0 aliphatic carbocycles. The van der Waals surface area contributed by atoms with Crippen LogP contribution < -0.4 is 0 Å². The predicted octanol–water partition coefficient (Wildman–Crippen LogP) is 2.35. The van der Waals surface area contributed by atoms with Gasteiger partial charge < -0.3 is 9.64 Å². The highest BCUT2D eigenvalue weighted by molar-refractivity contribution is 9.10. The van der Waals surface area contributed by atoms with Crippen LogP contribution in [0.2, 0.25) is 0 Å². The van der Waals surface area contributed by atoms with E-state index in [9.17, 15) is 0 Å². The topological polar surface area (TPSA) is 30.3 Å². The molecule has 1 fully saturated rings. The lowest BCUT2D eigenvalue weighted by molar-refractivity contribution is 0.0408. The Morgan fingerprint density at radius 3 is 2.89 bits per heavy atom. The first-order valence-corrected chi connectivity index (χ1v) is 7.31. The third kappa shape index (κ3) is 3.33. The molecule has 2 rings (SSSR count). The average molecular weight is 316 g/mol. The van der Waals surface area contributed by atoms with Crippen LogP contribution in [0.1, 0.15) is 24.2 Å². The van der Waals surface area contributed by atoms with E-state index in [0.717, 1.165) is 36.5 Å². The molecule has 1 aliphatic heterocycles. The summed E-state index contributed by atoms with van der Waals surface area (Å²) in [6.07, 6.45) is 2.49. The second-order valence-corrected chi connectivity index (χ2v) is 6.04. The molecule has 1 aromatic rings. The van der Waals surface area contributed by atoms with Crippen LogP contribution in [-0.2, 0) is 18.3 Å². The number of aryl methyl sites for hydroxylation is 2. The van der Waals surface area contributed by atoms with Crippen molar-refractivity contribution in [1.29, 1.82) is 0 Å². The highest BCUT2D eigenvalue weighted by Gasteiger charge is 2.18. The van der Waals surface area contributed by atoms with E-state index >= 15 is 0 Å². The Morgan fingerprint density at radius 1 is 1.56 bits per heavy atom. The van der Waals surface area contributed by atoms with Gasteiger partial charge in [0, 0.05) is 26.7 Å². The van der Waals surface area contributed by atoms with Gasteiger partial charge in [-0.2, -0.15) is 5.10 Å². The molecule has 0 spiro atoms. The summed E-state index contributed by atoms with van der Waals surface area (Å²) in [7, 11) is 4.17. The minimum absolute atomic E-state index is 0.678. The lowest BCUT2D eigenvalue weighted by Gasteiger charge is -2.27. The molecule has 5 heteroatoms. The van der Waals surface area contributed by atoms with Crippen molar-refractivity contribution >= 4 is 15.9 Å². The zero-order valence-corrected chi connectivity index (χ0v) is 13.0. The molecule has 1 unspecified atom stereocenters. The molecule has 0 bridgehead atoms. The summed E-state index contributed by atoms with van der Waals surface area (Å²) in [5.74, 6) is 0.678. The summed E-state index contributed by atoms with van der Waals surface area (Å²) < 4.78 is 8.63. The summed E-state index contributed by atoms with van der Waals surface area (Å²) in [5.41, 5.74) is 2.30. The largest absolute Gasteiger partial charge is 0.381 e. The molecular formula is C13H22BrN3O. The zero-order valence-electron chi connectivity index (χ0n) is 11.4. The maximum absolute atomic E-state index is 5.53. The van der Waals surface area contributed by atoms with Gasteiger partial charge in [0.2, 0.25) is 0 Å². The lowest BCUT2D eigenvalue weighted by atomic mass is 10.0. The Balaban J connectivity index is 1.91. The fraction of sp³-hybridized carbons (Fsp3) is 0.769. The average Bonchev–Trinajstić information content (AvgIpc) is 2.57.